The van der Waals surface area contributed by atoms with E-state index in [9.17, 15) is 19.1 Å². The third-order valence-corrected chi connectivity index (χ3v) is 8.12. The number of hydrogen-bond donors (Lipinski definition) is 3. The monoisotopic (exact) mass is 690 g/mol. The Kier molecular flexibility index (Phi) is 10.6. The fourth-order valence-electron chi connectivity index (χ4n) is 5.06. The van der Waals surface area contributed by atoms with Gasteiger partial charge < -0.3 is 14.6 Å². The summed E-state index contributed by atoms with van der Waals surface area (Å²) >= 11 is 3.57. The Morgan fingerprint density at radius 3 is 2.48 bits per heavy atom. The van der Waals surface area contributed by atoms with Gasteiger partial charge in [-0.05, 0) is 53.6 Å². The normalized spacial score (nSPS) is 17.0. The molecule has 0 fully saturated rings. The number of azide groups is 1. The van der Waals surface area contributed by atoms with Crippen molar-refractivity contribution in [3.63, 3.8) is 0 Å². The molecule has 1 aliphatic heterocycles. The summed E-state index contributed by atoms with van der Waals surface area (Å²) in [6, 6.07) is 24.5. The first-order valence-corrected chi connectivity index (χ1v) is 15.1. The quantitative estimate of drug-likeness (QED) is 0.0468. The average molecular weight is 692 g/mol. The molecule has 0 aromatic heterocycles. The van der Waals surface area contributed by atoms with Crippen LogP contribution in [0.3, 0.4) is 0 Å². The van der Waals surface area contributed by atoms with E-state index in [1.807, 2.05) is 24.3 Å². The number of carbonyl (C=O) groups is 1. The van der Waals surface area contributed by atoms with Crippen LogP contribution >= 0.6 is 15.9 Å². The number of aliphatic imine (C=N–C) groups is 1. The Labute approximate surface area is 271 Å². The van der Waals surface area contributed by atoms with Crippen LogP contribution in [0.1, 0.15) is 34.8 Å². The van der Waals surface area contributed by atoms with Crippen molar-refractivity contribution in [1.29, 1.82) is 0 Å². The highest BCUT2D eigenvalue weighted by Gasteiger charge is 2.54. The van der Waals surface area contributed by atoms with Crippen molar-refractivity contribution in [3.05, 3.63) is 140 Å². The molecule has 0 unspecified atom stereocenters. The maximum Gasteiger partial charge on any atom is 0.266 e. The minimum Gasteiger partial charge on any atom is -0.494 e. The van der Waals surface area contributed by atoms with Crippen LogP contribution in [0.15, 0.2) is 106 Å². The molecule has 0 aliphatic carbocycles. The first-order chi connectivity index (χ1) is 22.4. The molecule has 13 heteroatoms. The van der Waals surface area contributed by atoms with Crippen molar-refractivity contribution in [2.45, 2.75) is 31.0 Å². The smallest absolute Gasteiger partial charge is 0.266 e. The zero-order valence-corrected chi connectivity index (χ0v) is 26.0. The van der Waals surface area contributed by atoms with Crippen LogP contribution in [0.5, 0.6) is 5.75 Å². The molecule has 10 nitrogen and oxygen atoms in total. The van der Waals surface area contributed by atoms with E-state index < -0.39 is 29.2 Å². The molecule has 0 spiro atoms. The fraction of sp³-hybridized carbons (Fsp3) is 0.212. The predicted octanol–water partition coefficient (Wildman–Crippen LogP) is 6.75. The van der Waals surface area contributed by atoms with E-state index in [0.29, 0.717) is 29.9 Å². The van der Waals surface area contributed by atoms with E-state index >= 15 is 0 Å². The van der Waals surface area contributed by atoms with Crippen molar-refractivity contribution >= 4 is 33.4 Å². The molecule has 2 atom stereocenters. The molecule has 1 amide bonds. The lowest BCUT2D eigenvalue weighted by Crippen LogP contribution is -2.53. The van der Waals surface area contributed by atoms with Gasteiger partial charge in [-0.15, -0.1) is 0 Å². The second-order valence-electron chi connectivity index (χ2n) is 10.3. The lowest BCUT2D eigenvalue weighted by atomic mass is 9.81. The third-order valence-electron chi connectivity index (χ3n) is 7.35. The van der Waals surface area contributed by atoms with Gasteiger partial charge in [-0.2, -0.15) is 0 Å². The number of carbonyl (C=O) groups excluding carboxylic acids is 1. The van der Waals surface area contributed by atoms with E-state index in [2.05, 4.69) is 36.8 Å². The van der Waals surface area contributed by atoms with Crippen molar-refractivity contribution < 1.29 is 28.2 Å². The Hall–Kier alpha value is -4.81. The van der Waals surface area contributed by atoms with Gasteiger partial charge in [-0.1, -0.05) is 69.6 Å². The third kappa shape index (κ3) is 7.19. The van der Waals surface area contributed by atoms with Crippen LogP contribution in [0.2, 0.25) is 0 Å². The van der Waals surface area contributed by atoms with Crippen molar-refractivity contribution in [3.8, 4) is 5.75 Å². The van der Waals surface area contributed by atoms with Crippen LogP contribution < -0.4 is 15.6 Å². The molecule has 0 radical (unpaired) electrons. The Balaban J connectivity index is 1.58. The molecule has 0 saturated carbocycles. The molecular weight excluding hydrogens is 662 g/mol. The second-order valence-corrected chi connectivity index (χ2v) is 11.2. The maximum atomic E-state index is 14.4. The van der Waals surface area contributed by atoms with Crippen molar-refractivity contribution in [1.82, 2.24) is 10.9 Å². The van der Waals surface area contributed by atoms with Gasteiger partial charge in [0.25, 0.3) is 5.91 Å². The van der Waals surface area contributed by atoms with E-state index in [-0.39, 0.29) is 36.7 Å². The van der Waals surface area contributed by atoms with Gasteiger partial charge in [0.2, 0.25) is 5.90 Å². The fourth-order valence-corrected chi connectivity index (χ4v) is 5.49. The van der Waals surface area contributed by atoms with Gasteiger partial charge >= 0.3 is 0 Å². The van der Waals surface area contributed by atoms with Gasteiger partial charge in [-0.25, -0.2) is 19.2 Å². The van der Waals surface area contributed by atoms with Gasteiger partial charge in [0.05, 0.1) is 6.61 Å². The summed E-state index contributed by atoms with van der Waals surface area (Å²) in [5.41, 5.74) is 14.5. The van der Waals surface area contributed by atoms with Crippen molar-refractivity contribution in [2.75, 3.05) is 13.2 Å². The van der Waals surface area contributed by atoms with Crippen LogP contribution in [0.4, 0.5) is 14.5 Å². The number of nitrogens with zero attached hydrogens (tertiary/aromatic N) is 4. The number of hydrogen-bond acceptors (Lipinski definition) is 7. The second kappa shape index (κ2) is 15.0. The van der Waals surface area contributed by atoms with Gasteiger partial charge in [0.1, 0.15) is 17.4 Å². The Morgan fingerprint density at radius 1 is 1.04 bits per heavy atom. The summed E-state index contributed by atoms with van der Waals surface area (Å²) in [6.45, 7) is 0.00227. The molecule has 236 valence electrons. The minimum absolute atomic E-state index is 0.00714. The van der Waals surface area contributed by atoms with Crippen LogP contribution in [0, 0.1) is 11.6 Å². The molecule has 1 aliphatic rings. The number of aliphatic hydroxyl groups is 1. The number of rotatable bonds is 13. The standard InChI is InChI=1S/C33H29BrF2N6O4/c34-26-9-3-1-7-22(26)19-33(32(44)41-38-20-25-27(35)10-5-11-28(25)36)30(24-8-2-4-12-29(24)40-42-37)46-31(39-33)21-13-15-23(16-14-21)45-18-6-17-43/h1-5,7-16,30,38,43H,6,17-20H2,(H,41,44)/t30-,33-/m0/s1. The van der Waals surface area contributed by atoms with E-state index in [0.717, 1.165) is 22.2 Å². The van der Waals surface area contributed by atoms with Gasteiger partial charge in [-0.3, -0.25) is 10.2 Å². The summed E-state index contributed by atoms with van der Waals surface area (Å²) in [4.78, 5) is 22.2. The maximum absolute atomic E-state index is 14.4. The average Bonchev–Trinajstić information content (AvgIpc) is 3.44. The first kappa shape index (κ1) is 32.6. The van der Waals surface area contributed by atoms with E-state index in [1.165, 1.54) is 6.07 Å². The first-order valence-electron chi connectivity index (χ1n) is 14.3. The zero-order valence-electron chi connectivity index (χ0n) is 24.4. The summed E-state index contributed by atoms with van der Waals surface area (Å²) < 4.78 is 41.5. The number of nitrogens with one attached hydrogen (secondary N) is 2. The summed E-state index contributed by atoms with van der Waals surface area (Å²) in [7, 11) is 0. The molecule has 5 rings (SSSR count). The van der Waals surface area contributed by atoms with Crippen molar-refractivity contribution in [2.24, 2.45) is 10.1 Å². The number of halogens is 3. The summed E-state index contributed by atoms with van der Waals surface area (Å²) in [6.07, 6.45) is -0.589. The highest BCUT2D eigenvalue weighted by atomic mass is 79.9. The van der Waals surface area contributed by atoms with Gasteiger partial charge in [0.15, 0.2) is 11.6 Å². The number of ether oxygens (including phenoxy) is 2. The highest BCUT2D eigenvalue weighted by molar-refractivity contribution is 9.10. The highest BCUT2D eigenvalue weighted by Crippen LogP contribution is 2.46. The number of hydrazine groups is 1. The molecule has 46 heavy (non-hydrogen) atoms. The lowest BCUT2D eigenvalue weighted by Gasteiger charge is -2.31. The predicted molar refractivity (Wildman–Crippen MR) is 171 cm³/mol. The largest absolute Gasteiger partial charge is 0.494 e. The Morgan fingerprint density at radius 2 is 1.76 bits per heavy atom. The number of aliphatic hydroxyl groups excluding tert-OH is 1. The van der Waals surface area contributed by atoms with E-state index in [1.54, 1.807) is 48.5 Å². The molecule has 0 bridgehead atoms. The molecule has 1 heterocycles. The Bertz CT molecular complexity index is 1760. The summed E-state index contributed by atoms with van der Waals surface area (Å²) in [5, 5.41) is 12.9. The SMILES string of the molecule is [N-]=[N+]=Nc1ccccc1[C@@H]1OC(c2ccc(OCCCO)cc2)=N[C@]1(Cc1ccccc1Br)C(=O)NNCc1c(F)cccc1F. The van der Waals surface area contributed by atoms with Gasteiger partial charge in [0, 0.05) is 57.8 Å². The molecule has 3 N–H and O–H groups in total. The van der Waals surface area contributed by atoms with Crippen LogP contribution in [-0.4, -0.2) is 35.7 Å². The summed E-state index contributed by atoms with van der Waals surface area (Å²) in [5.74, 6) is -1.47. The number of amides is 1. The minimum atomic E-state index is -1.70. The molecule has 4 aromatic rings. The van der Waals surface area contributed by atoms with Crippen LogP contribution in [0.25, 0.3) is 10.4 Å². The molecule has 0 saturated heterocycles. The molecule has 4 aromatic carbocycles. The zero-order chi connectivity index (χ0) is 32.5. The molecular formula is C33H29BrF2N6O4. The van der Waals surface area contributed by atoms with Crippen LogP contribution in [-0.2, 0) is 22.5 Å². The lowest BCUT2D eigenvalue weighted by molar-refractivity contribution is -0.130. The number of benzene rings is 4. The van der Waals surface area contributed by atoms with E-state index in [4.69, 9.17) is 19.6 Å². The topological polar surface area (TPSA) is 141 Å².